The average molecular weight is 559 g/mol. The molecule has 1 atom stereocenters. The Morgan fingerprint density at radius 3 is 2.83 bits per heavy atom. The summed E-state index contributed by atoms with van der Waals surface area (Å²) in [6.07, 6.45) is 1.71. The molecule has 0 saturated carbocycles. The van der Waals surface area contributed by atoms with Crippen LogP contribution in [0.2, 0.25) is 0 Å². The SMILES string of the molecule is CCNC(=NCCN(C)S(=O)(=O)c1cccs1)N1CCC[C@@H](C(=O)OCC)C1.I. The van der Waals surface area contributed by atoms with E-state index in [1.807, 2.05) is 13.8 Å². The van der Waals surface area contributed by atoms with Crippen LogP contribution in [0, 0.1) is 5.92 Å². The average Bonchev–Trinajstić information content (AvgIpc) is 3.23. The number of aliphatic imine (C=N–C) groups is 1. The fourth-order valence-electron chi connectivity index (χ4n) is 3.03. The Hall–Kier alpha value is -0.920. The number of halogens is 1. The van der Waals surface area contributed by atoms with Gasteiger partial charge < -0.3 is 15.0 Å². The van der Waals surface area contributed by atoms with Gasteiger partial charge in [-0.25, -0.2) is 8.42 Å². The van der Waals surface area contributed by atoms with Crippen LogP contribution in [0.15, 0.2) is 26.7 Å². The van der Waals surface area contributed by atoms with Crippen LogP contribution < -0.4 is 5.32 Å². The number of likely N-dealkylation sites (tertiary alicyclic amines) is 1. The van der Waals surface area contributed by atoms with Crippen molar-refractivity contribution in [3.05, 3.63) is 17.5 Å². The predicted molar refractivity (Wildman–Crippen MR) is 126 cm³/mol. The summed E-state index contributed by atoms with van der Waals surface area (Å²) in [7, 11) is -1.91. The van der Waals surface area contributed by atoms with E-state index in [1.54, 1.807) is 24.6 Å². The lowest BCUT2D eigenvalue weighted by molar-refractivity contribution is -0.149. The van der Waals surface area contributed by atoms with E-state index in [2.05, 4.69) is 15.2 Å². The second kappa shape index (κ2) is 12.7. The lowest BCUT2D eigenvalue weighted by atomic mass is 9.98. The summed E-state index contributed by atoms with van der Waals surface area (Å²) in [4.78, 5) is 18.7. The molecule has 0 amide bonds. The first-order valence-corrected chi connectivity index (χ1v) is 11.9. The summed E-state index contributed by atoms with van der Waals surface area (Å²) < 4.78 is 31.8. The van der Waals surface area contributed by atoms with Crippen molar-refractivity contribution in [2.24, 2.45) is 10.9 Å². The second-order valence-corrected chi connectivity index (χ2v) is 9.75. The van der Waals surface area contributed by atoms with Gasteiger partial charge in [0.05, 0.1) is 19.1 Å². The lowest BCUT2D eigenvalue weighted by Gasteiger charge is -2.34. The smallest absolute Gasteiger partial charge is 0.310 e. The Morgan fingerprint density at radius 2 is 2.21 bits per heavy atom. The van der Waals surface area contributed by atoms with Gasteiger partial charge >= 0.3 is 5.97 Å². The second-order valence-electron chi connectivity index (χ2n) is 6.53. The van der Waals surface area contributed by atoms with Crippen LogP contribution in [0.1, 0.15) is 26.7 Å². The van der Waals surface area contributed by atoms with E-state index >= 15 is 0 Å². The minimum absolute atomic E-state index is 0. The molecule has 2 rings (SSSR count). The van der Waals surface area contributed by atoms with Crippen LogP contribution in [-0.4, -0.2) is 75.9 Å². The molecule has 0 aliphatic carbocycles. The van der Waals surface area contributed by atoms with Crippen molar-refractivity contribution < 1.29 is 17.9 Å². The van der Waals surface area contributed by atoms with Crippen molar-refractivity contribution in [2.75, 3.05) is 46.4 Å². The Kier molecular flexibility index (Phi) is 11.4. The first-order valence-electron chi connectivity index (χ1n) is 9.59. The number of likely N-dealkylation sites (N-methyl/N-ethyl adjacent to an activating group) is 1. The standard InChI is InChI=1S/C18H30N4O4S2.HI/c1-4-19-18(22-11-6-8-15(14-22)17(23)26-5-2)20-10-12-21(3)28(24,25)16-9-7-13-27-16;/h7,9,13,15H,4-6,8,10-12,14H2,1-3H3,(H,19,20);1H/t15-;/m1./s1. The zero-order valence-electron chi connectivity index (χ0n) is 17.2. The Labute approximate surface area is 194 Å². The van der Waals surface area contributed by atoms with E-state index in [0.717, 1.165) is 19.4 Å². The number of rotatable bonds is 8. The third-order valence-corrected chi connectivity index (χ3v) is 7.74. The van der Waals surface area contributed by atoms with Gasteiger partial charge in [0.15, 0.2) is 5.96 Å². The fraction of sp³-hybridized carbons (Fsp3) is 0.667. The van der Waals surface area contributed by atoms with E-state index in [4.69, 9.17) is 4.74 Å². The minimum Gasteiger partial charge on any atom is -0.466 e. The Balaban J connectivity index is 0.00000420. The summed E-state index contributed by atoms with van der Waals surface area (Å²) in [5.41, 5.74) is 0. The summed E-state index contributed by atoms with van der Waals surface area (Å²) in [5, 5.41) is 4.99. The van der Waals surface area contributed by atoms with Crippen molar-refractivity contribution in [3.8, 4) is 0 Å². The number of nitrogens with zero attached hydrogens (tertiary/aromatic N) is 3. The number of ether oxygens (including phenoxy) is 1. The van der Waals surface area contributed by atoms with E-state index in [1.165, 1.54) is 15.6 Å². The number of carbonyl (C=O) groups is 1. The molecular weight excluding hydrogens is 527 g/mol. The third-order valence-electron chi connectivity index (χ3n) is 4.51. The highest BCUT2D eigenvalue weighted by Crippen LogP contribution is 2.20. The Morgan fingerprint density at radius 1 is 1.45 bits per heavy atom. The van der Waals surface area contributed by atoms with Crippen molar-refractivity contribution in [2.45, 2.75) is 30.9 Å². The maximum atomic E-state index is 12.5. The largest absolute Gasteiger partial charge is 0.466 e. The predicted octanol–water partition coefficient (Wildman–Crippen LogP) is 2.23. The maximum Gasteiger partial charge on any atom is 0.310 e. The zero-order valence-corrected chi connectivity index (χ0v) is 21.1. The molecule has 2 heterocycles. The molecule has 1 fully saturated rings. The van der Waals surface area contributed by atoms with Gasteiger partial charge in [0.1, 0.15) is 4.21 Å². The third kappa shape index (κ3) is 7.37. The molecule has 1 aromatic rings. The van der Waals surface area contributed by atoms with Crippen molar-refractivity contribution in [1.82, 2.24) is 14.5 Å². The van der Waals surface area contributed by atoms with E-state index in [9.17, 15) is 13.2 Å². The van der Waals surface area contributed by atoms with Gasteiger partial charge in [0.2, 0.25) is 0 Å². The van der Waals surface area contributed by atoms with Gasteiger partial charge in [-0.3, -0.25) is 9.79 Å². The summed E-state index contributed by atoms with van der Waals surface area (Å²) in [6, 6.07) is 3.33. The molecule has 166 valence electrons. The molecule has 1 saturated heterocycles. The summed E-state index contributed by atoms with van der Waals surface area (Å²) in [6.45, 7) is 6.87. The van der Waals surface area contributed by atoms with Crippen LogP contribution in [0.5, 0.6) is 0 Å². The monoisotopic (exact) mass is 558 g/mol. The van der Waals surface area contributed by atoms with Crippen molar-refractivity contribution in [3.63, 3.8) is 0 Å². The van der Waals surface area contributed by atoms with Gasteiger partial charge in [0, 0.05) is 33.2 Å². The van der Waals surface area contributed by atoms with Crippen molar-refractivity contribution >= 4 is 57.3 Å². The molecule has 1 N–H and O–H groups in total. The van der Waals surface area contributed by atoms with E-state index in [-0.39, 0.29) is 42.4 Å². The molecule has 0 spiro atoms. The molecule has 0 aromatic carbocycles. The molecule has 1 aliphatic rings. The zero-order chi connectivity index (χ0) is 20.6. The molecule has 1 aromatic heterocycles. The molecule has 0 radical (unpaired) electrons. The maximum absolute atomic E-state index is 12.5. The van der Waals surface area contributed by atoms with Gasteiger partial charge in [-0.2, -0.15) is 4.31 Å². The molecular formula is C18H31IN4O4S2. The van der Waals surface area contributed by atoms with Crippen molar-refractivity contribution in [1.29, 1.82) is 0 Å². The van der Waals surface area contributed by atoms with E-state index in [0.29, 0.717) is 36.4 Å². The number of nitrogens with one attached hydrogen (secondary N) is 1. The van der Waals surface area contributed by atoms with Crippen LogP contribution in [0.25, 0.3) is 0 Å². The Bertz CT molecular complexity index is 756. The number of carbonyl (C=O) groups excluding carboxylic acids is 1. The highest BCUT2D eigenvalue weighted by atomic mass is 127. The molecule has 0 bridgehead atoms. The summed E-state index contributed by atoms with van der Waals surface area (Å²) >= 11 is 1.21. The van der Waals surface area contributed by atoms with Gasteiger partial charge in [-0.15, -0.1) is 35.3 Å². The van der Waals surface area contributed by atoms with E-state index < -0.39 is 10.0 Å². The van der Waals surface area contributed by atoms with Gasteiger partial charge in [-0.05, 0) is 38.1 Å². The minimum atomic E-state index is -3.47. The van der Waals surface area contributed by atoms with Crippen LogP contribution in [0.3, 0.4) is 0 Å². The number of hydrogen-bond donors (Lipinski definition) is 1. The normalized spacial score (nSPS) is 17.7. The van der Waals surface area contributed by atoms with Crippen LogP contribution >= 0.6 is 35.3 Å². The van der Waals surface area contributed by atoms with Gasteiger partial charge in [-0.1, -0.05) is 6.07 Å². The first-order chi connectivity index (χ1) is 13.4. The number of hydrogen-bond acceptors (Lipinski definition) is 6. The number of sulfonamides is 1. The lowest BCUT2D eigenvalue weighted by Crippen LogP contribution is -2.48. The summed E-state index contributed by atoms with van der Waals surface area (Å²) in [5.74, 6) is 0.391. The topological polar surface area (TPSA) is 91.3 Å². The first kappa shape index (κ1) is 26.1. The fourth-order valence-corrected chi connectivity index (χ4v) is 5.39. The number of esters is 1. The molecule has 11 heteroatoms. The highest BCUT2D eigenvalue weighted by Gasteiger charge is 2.28. The highest BCUT2D eigenvalue weighted by molar-refractivity contribution is 14.0. The quantitative estimate of drug-likeness (QED) is 0.228. The molecule has 1 aliphatic heterocycles. The van der Waals surface area contributed by atoms with Crippen LogP contribution in [-0.2, 0) is 19.6 Å². The number of thiophene rings is 1. The molecule has 0 unspecified atom stereocenters. The number of guanidine groups is 1. The van der Waals surface area contributed by atoms with Gasteiger partial charge in [0.25, 0.3) is 10.0 Å². The molecule has 29 heavy (non-hydrogen) atoms. The van der Waals surface area contributed by atoms with Crippen LogP contribution in [0.4, 0.5) is 0 Å². The number of piperidine rings is 1. The molecule has 8 nitrogen and oxygen atoms in total.